The van der Waals surface area contributed by atoms with Crippen molar-refractivity contribution in [3.63, 3.8) is 0 Å². The number of carbonyl (C=O) groups is 2. The average molecular weight is 340 g/mol. The molecule has 128 valence electrons. The largest absolute Gasteiger partial charge is 0.497 e. The highest BCUT2D eigenvalue weighted by Crippen LogP contribution is 2.25. The van der Waals surface area contributed by atoms with Gasteiger partial charge in [-0.2, -0.15) is 0 Å². The molecule has 0 bridgehead atoms. The number of amides is 1. The highest BCUT2D eigenvalue weighted by Gasteiger charge is 2.17. The monoisotopic (exact) mass is 340 g/mol. The third-order valence-corrected chi connectivity index (χ3v) is 3.54. The Balaban J connectivity index is 2.19. The molecule has 0 aliphatic heterocycles. The minimum atomic E-state index is -0.505. The zero-order valence-corrected chi connectivity index (χ0v) is 13.9. The van der Waals surface area contributed by atoms with Crippen LogP contribution in [-0.4, -0.2) is 40.6 Å². The normalized spacial score (nSPS) is 10.5. The summed E-state index contributed by atoms with van der Waals surface area (Å²) in [5.74, 6) is 0.241. The zero-order chi connectivity index (χ0) is 18.0. The Bertz CT molecular complexity index is 947. The molecule has 2 aromatic heterocycles. The summed E-state index contributed by atoms with van der Waals surface area (Å²) in [6.07, 6.45) is 1.41. The molecule has 1 N–H and O–H groups in total. The van der Waals surface area contributed by atoms with Gasteiger partial charge in [0.2, 0.25) is 11.9 Å². The molecule has 3 aromatic rings. The third kappa shape index (κ3) is 3.14. The fourth-order valence-electron chi connectivity index (χ4n) is 2.41. The third-order valence-electron chi connectivity index (χ3n) is 3.54. The van der Waals surface area contributed by atoms with Gasteiger partial charge in [0.05, 0.1) is 25.5 Å². The predicted octanol–water partition coefficient (Wildman–Crippen LogP) is 2.17. The second kappa shape index (κ2) is 6.60. The van der Waals surface area contributed by atoms with Crippen LogP contribution in [0.1, 0.15) is 17.3 Å². The first kappa shape index (κ1) is 16.4. The molecule has 3 rings (SSSR count). The molecule has 0 atom stereocenters. The number of anilines is 1. The maximum absolute atomic E-state index is 11.7. The Morgan fingerprint density at radius 1 is 1.16 bits per heavy atom. The molecule has 0 spiro atoms. The lowest BCUT2D eigenvalue weighted by atomic mass is 10.2. The fraction of sp³-hybridized carbons (Fsp3) is 0.176. The van der Waals surface area contributed by atoms with Crippen molar-refractivity contribution in [2.75, 3.05) is 19.5 Å². The maximum atomic E-state index is 11.7. The molecule has 25 heavy (non-hydrogen) atoms. The molecule has 1 amide bonds. The summed E-state index contributed by atoms with van der Waals surface area (Å²) in [6.45, 7) is 1.39. The summed E-state index contributed by atoms with van der Waals surface area (Å²) in [7, 11) is 2.88. The number of esters is 1. The van der Waals surface area contributed by atoms with Gasteiger partial charge in [-0.25, -0.2) is 14.8 Å². The number of ether oxygens (including phenoxy) is 2. The van der Waals surface area contributed by atoms with Crippen LogP contribution in [0.15, 0.2) is 36.5 Å². The van der Waals surface area contributed by atoms with Gasteiger partial charge in [0.15, 0.2) is 5.65 Å². The fourth-order valence-corrected chi connectivity index (χ4v) is 2.41. The summed E-state index contributed by atoms with van der Waals surface area (Å²) in [6, 6.07) is 8.80. The van der Waals surface area contributed by atoms with Crippen LogP contribution in [0.3, 0.4) is 0 Å². The topological polar surface area (TPSA) is 95.3 Å². The number of aromatic nitrogens is 3. The van der Waals surface area contributed by atoms with Crippen molar-refractivity contribution >= 4 is 29.0 Å². The molecule has 8 heteroatoms. The van der Waals surface area contributed by atoms with Gasteiger partial charge in [-0.1, -0.05) is 0 Å². The van der Waals surface area contributed by atoms with Crippen molar-refractivity contribution in [3.05, 3.63) is 42.1 Å². The van der Waals surface area contributed by atoms with E-state index in [2.05, 4.69) is 15.3 Å². The Kier molecular flexibility index (Phi) is 4.34. The maximum Gasteiger partial charge on any atom is 0.339 e. The highest BCUT2D eigenvalue weighted by atomic mass is 16.5. The van der Waals surface area contributed by atoms with Crippen molar-refractivity contribution in [2.24, 2.45) is 0 Å². The van der Waals surface area contributed by atoms with Gasteiger partial charge in [-0.3, -0.25) is 14.7 Å². The summed E-state index contributed by atoms with van der Waals surface area (Å²) in [4.78, 5) is 31.9. The van der Waals surface area contributed by atoms with Crippen LogP contribution in [0.4, 0.5) is 5.95 Å². The molecular weight excluding hydrogens is 324 g/mol. The molecule has 2 heterocycles. The smallest absolute Gasteiger partial charge is 0.339 e. The molecule has 1 aromatic carbocycles. The van der Waals surface area contributed by atoms with E-state index in [0.29, 0.717) is 22.9 Å². The number of methoxy groups -OCH3 is 2. The van der Waals surface area contributed by atoms with Crippen LogP contribution in [0.5, 0.6) is 5.75 Å². The number of fused-ring (bicyclic) bond motifs is 1. The second-order valence-corrected chi connectivity index (χ2v) is 5.21. The van der Waals surface area contributed by atoms with Gasteiger partial charge in [-0.15, -0.1) is 0 Å². The molecule has 0 fully saturated rings. The van der Waals surface area contributed by atoms with E-state index in [1.54, 1.807) is 29.9 Å². The van der Waals surface area contributed by atoms with Crippen LogP contribution in [0.2, 0.25) is 0 Å². The Morgan fingerprint density at radius 2 is 1.88 bits per heavy atom. The molecule has 0 radical (unpaired) electrons. The van der Waals surface area contributed by atoms with Gasteiger partial charge in [0, 0.05) is 13.1 Å². The van der Waals surface area contributed by atoms with E-state index in [1.807, 2.05) is 12.1 Å². The first-order valence-corrected chi connectivity index (χ1v) is 7.42. The van der Waals surface area contributed by atoms with E-state index in [9.17, 15) is 9.59 Å². The van der Waals surface area contributed by atoms with Crippen LogP contribution in [0, 0.1) is 0 Å². The number of carbonyl (C=O) groups excluding carboxylic acids is 2. The first-order chi connectivity index (χ1) is 12.0. The quantitative estimate of drug-likeness (QED) is 0.731. The van der Waals surface area contributed by atoms with E-state index in [-0.39, 0.29) is 11.5 Å². The number of nitrogens with zero attached hydrogens (tertiary/aromatic N) is 3. The molecular formula is C17H16N4O4. The lowest BCUT2D eigenvalue weighted by molar-refractivity contribution is -0.114. The number of hydrogen-bond acceptors (Lipinski definition) is 6. The minimum absolute atomic E-state index is 0.266. The molecule has 0 aliphatic rings. The average Bonchev–Trinajstić information content (AvgIpc) is 2.97. The predicted molar refractivity (Wildman–Crippen MR) is 91.1 cm³/mol. The summed E-state index contributed by atoms with van der Waals surface area (Å²) in [5.41, 5.74) is 1.98. The number of nitrogens with one attached hydrogen (secondary N) is 1. The van der Waals surface area contributed by atoms with E-state index >= 15 is 0 Å². The lowest BCUT2D eigenvalue weighted by Crippen LogP contribution is -2.11. The lowest BCUT2D eigenvalue weighted by Gasteiger charge is -2.09. The van der Waals surface area contributed by atoms with Gasteiger partial charge in [-0.05, 0) is 30.3 Å². The number of rotatable bonds is 4. The van der Waals surface area contributed by atoms with E-state index in [4.69, 9.17) is 9.47 Å². The van der Waals surface area contributed by atoms with Gasteiger partial charge in [0.25, 0.3) is 0 Å². The van der Waals surface area contributed by atoms with E-state index in [0.717, 1.165) is 5.69 Å². The van der Waals surface area contributed by atoms with Gasteiger partial charge in [0.1, 0.15) is 11.3 Å². The first-order valence-electron chi connectivity index (χ1n) is 7.42. The summed E-state index contributed by atoms with van der Waals surface area (Å²) < 4.78 is 11.6. The SMILES string of the molecule is COC(=O)c1cnc2c(c1)nc(NC(C)=O)n2-c1ccc(OC)cc1. The molecule has 0 saturated carbocycles. The van der Waals surface area contributed by atoms with Crippen molar-refractivity contribution in [1.29, 1.82) is 0 Å². The molecule has 0 aliphatic carbocycles. The molecule has 0 saturated heterocycles. The van der Waals surface area contributed by atoms with Gasteiger partial charge >= 0.3 is 5.97 Å². The highest BCUT2D eigenvalue weighted by molar-refractivity contribution is 5.94. The van der Waals surface area contributed by atoms with Crippen LogP contribution >= 0.6 is 0 Å². The summed E-state index contributed by atoms with van der Waals surface area (Å²) >= 11 is 0. The number of pyridine rings is 1. The minimum Gasteiger partial charge on any atom is -0.497 e. The molecule has 0 unspecified atom stereocenters. The zero-order valence-electron chi connectivity index (χ0n) is 13.9. The Labute approximate surface area is 143 Å². The van der Waals surface area contributed by atoms with Crippen molar-refractivity contribution in [1.82, 2.24) is 14.5 Å². The van der Waals surface area contributed by atoms with E-state index in [1.165, 1.54) is 20.2 Å². The van der Waals surface area contributed by atoms with Crippen LogP contribution in [0.25, 0.3) is 16.9 Å². The van der Waals surface area contributed by atoms with Crippen molar-refractivity contribution in [3.8, 4) is 11.4 Å². The standard InChI is InChI=1S/C17H16N4O4/c1-10(22)19-17-20-14-8-11(16(23)25-3)9-18-15(14)21(17)12-4-6-13(24-2)7-5-12/h4-9H,1-3H3,(H,19,20,22). The Morgan fingerprint density at radius 3 is 2.48 bits per heavy atom. The van der Waals surface area contributed by atoms with E-state index < -0.39 is 5.97 Å². The number of imidazole rings is 1. The van der Waals surface area contributed by atoms with Gasteiger partial charge < -0.3 is 9.47 Å². The van der Waals surface area contributed by atoms with Crippen LogP contribution in [-0.2, 0) is 9.53 Å². The van der Waals surface area contributed by atoms with Crippen LogP contribution < -0.4 is 10.1 Å². The van der Waals surface area contributed by atoms with Crippen molar-refractivity contribution < 1.29 is 19.1 Å². The van der Waals surface area contributed by atoms with Crippen molar-refractivity contribution in [2.45, 2.75) is 6.92 Å². The Hall–Kier alpha value is -3.42. The second-order valence-electron chi connectivity index (χ2n) is 5.21. The summed E-state index contributed by atoms with van der Waals surface area (Å²) in [5, 5.41) is 2.68. The number of benzene rings is 1. The number of hydrogen-bond donors (Lipinski definition) is 1. The molecule has 8 nitrogen and oxygen atoms in total.